The molecule has 1 spiro atoms. The van der Waals surface area contributed by atoms with E-state index in [1.165, 1.54) is 11.3 Å². The molecule has 1 aliphatic carbocycles. The predicted octanol–water partition coefficient (Wildman–Crippen LogP) is 0.513. The highest BCUT2D eigenvalue weighted by molar-refractivity contribution is 5.92. The van der Waals surface area contributed by atoms with Gasteiger partial charge in [-0.25, -0.2) is 9.37 Å². The number of aryl methyl sites for hydroxylation is 1. The Labute approximate surface area is 143 Å². The van der Waals surface area contributed by atoms with Crippen molar-refractivity contribution in [1.82, 2.24) is 14.8 Å². The van der Waals surface area contributed by atoms with E-state index >= 15 is 0 Å². The van der Waals surface area contributed by atoms with Crippen LogP contribution in [0.1, 0.15) is 29.1 Å². The average Bonchev–Trinajstić information content (AvgIpc) is 3.22. The quantitative estimate of drug-likeness (QED) is 0.770. The van der Waals surface area contributed by atoms with Crippen LogP contribution in [0.25, 0.3) is 0 Å². The largest absolute Gasteiger partial charge is 0.438 e. The molecule has 3 heterocycles. The molecular formula is C16H20FN3O5. The number of amides is 2. The monoisotopic (exact) mass is 353 g/mol. The van der Waals surface area contributed by atoms with Crippen LogP contribution in [0.4, 0.5) is 4.39 Å². The molecule has 2 amide bonds. The highest BCUT2D eigenvalue weighted by atomic mass is 19.1. The summed E-state index contributed by atoms with van der Waals surface area (Å²) in [6.07, 6.45) is 1.77. The van der Waals surface area contributed by atoms with Gasteiger partial charge in [0.15, 0.2) is 12.1 Å². The molecule has 3 aliphatic rings. The molecule has 1 aromatic rings. The molecule has 1 atom stereocenters. The lowest BCUT2D eigenvalue weighted by molar-refractivity contribution is -0.285. The van der Waals surface area contributed by atoms with E-state index in [9.17, 15) is 14.0 Å². The molecule has 9 heteroatoms. The van der Waals surface area contributed by atoms with Crippen molar-refractivity contribution in [3.05, 3.63) is 17.8 Å². The van der Waals surface area contributed by atoms with Crippen molar-refractivity contribution in [2.24, 2.45) is 0 Å². The number of halogens is 1. The Morgan fingerprint density at radius 2 is 1.80 bits per heavy atom. The molecule has 8 nitrogen and oxygen atoms in total. The lowest BCUT2D eigenvalue weighted by Crippen LogP contribution is -2.64. The van der Waals surface area contributed by atoms with Gasteiger partial charge in [-0.1, -0.05) is 0 Å². The van der Waals surface area contributed by atoms with Crippen molar-refractivity contribution in [2.45, 2.75) is 31.2 Å². The van der Waals surface area contributed by atoms with E-state index in [0.29, 0.717) is 18.8 Å². The van der Waals surface area contributed by atoms with Crippen molar-refractivity contribution >= 4 is 11.8 Å². The number of hydrogen-bond acceptors (Lipinski definition) is 6. The van der Waals surface area contributed by atoms with E-state index in [2.05, 4.69) is 4.98 Å². The third-order valence-corrected chi connectivity index (χ3v) is 4.90. The SMILES string of the molecule is Cc1ncoc1C(=O)N1CCOC2(C1)CN(C(=O)C1(F)CC1)CCO2. The molecule has 136 valence electrons. The molecule has 1 saturated carbocycles. The second-order valence-electron chi connectivity index (χ2n) is 6.79. The lowest BCUT2D eigenvalue weighted by Gasteiger charge is -2.47. The van der Waals surface area contributed by atoms with Crippen molar-refractivity contribution in [3.63, 3.8) is 0 Å². The smallest absolute Gasteiger partial charge is 0.291 e. The maximum absolute atomic E-state index is 14.1. The summed E-state index contributed by atoms with van der Waals surface area (Å²) < 4.78 is 30.8. The number of ether oxygens (including phenoxy) is 2. The fourth-order valence-electron chi connectivity index (χ4n) is 3.30. The van der Waals surface area contributed by atoms with E-state index in [0.717, 1.165) is 0 Å². The van der Waals surface area contributed by atoms with E-state index in [4.69, 9.17) is 13.9 Å². The van der Waals surface area contributed by atoms with Crippen LogP contribution in [0.15, 0.2) is 10.8 Å². The molecule has 2 aliphatic heterocycles. The van der Waals surface area contributed by atoms with Crippen LogP contribution in [-0.4, -0.2) is 77.4 Å². The fourth-order valence-corrected chi connectivity index (χ4v) is 3.30. The van der Waals surface area contributed by atoms with E-state index in [1.54, 1.807) is 11.8 Å². The van der Waals surface area contributed by atoms with Crippen LogP contribution in [-0.2, 0) is 14.3 Å². The van der Waals surface area contributed by atoms with Gasteiger partial charge in [-0.3, -0.25) is 9.59 Å². The zero-order chi connectivity index (χ0) is 17.7. The van der Waals surface area contributed by atoms with Gasteiger partial charge in [0, 0.05) is 13.1 Å². The maximum Gasteiger partial charge on any atom is 0.291 e. The number of aromatic nitrogens is 1. The Morgan fingerprint density at radius 3 is 2.40 bits per heavy atom. The van der Waals surface area contributed by atoms with Gasteiger partial charge in [0.25, 0.3) is 11.8 Å². The Hall–Kier alpha value is -2.00. The van der Waals surface area contributed by atoms with Gasteiger partial charge in [0.1, 0.15) is 0 Å². The molecule has 3 fully saturated rings. The number of rotatable bonds is 2. The summed E-state index contributed by atoms with van der Waals surface area (Å²) in [5, 5.41) is 0. The van der Waals surface area contributed by atoms with Gasteiger partial charge in [0.2, 0.25) is 11.5 Å². The molecule has 0 N–H and O–H groups in total. The molecular weight excluding hydrogens is 333 g/mol. The van der Waals surface area contributed by atoms with Crippen LogP contribution >= 0.6 is 0 Å². The van der Waals surface area contributed by atoms with Gasteiger partial charge < -0.3 is 23.7 Å². The van der Waals surface area contributed by atoms with Gasteiger partial charge in [-0.05, 0) is 19.8 Å². The zero-order valence-corrected chi connectivity index (χ0v) is 14.0. The summed E-state index contributed by atoms with van der Waals surface area (Å²) in [7, 11) is 0. The van der Waals surface area contributed by atoms with Crippen LogP contribution in [0, 0.1) is 6.92 Å². The first-order valence-corrected chi connectivity index (χ1v) is 8.38. The molecule has 0 radical (unpaired) electrons. The Balaban J connectivity index is 1.48. The highest BCUT2D eigenvalue weighted by Gasteiger charge is 2.55. The minimum atomic E-state index is -1.72. The molecule has 1 aromatic heterocycles. The molecule has 2 saturated heterocycles. The summed E-state index contributed by atoms with van der Waals surface area (Å²) in [5.74, 6) is -1.75. The molecule has 4 rings (SSSR count). The number of alkyl halides is 1. The third-order valence-electron chi connectivity index (χ3n) is 4.90. The first-order valence-electron chi connectivity index (χ1n) is 8.38. The Bertz CT molecular complexity index is 700. The summed E-state index contributed by atoms with van der Waals surface area (Å²) in [4.78, 5) is 31.9. The second kappa shape index (κ2) is 5.77. The predicted molar refractivity (Wildman–Crippen MR) is 81.4 cm³/mol. The van der Waals surface area contributed by atoms with Crippen molar-refractivity contribution in [1.29, 1.82) is 0 Å². The minimum Gasteiger partial charge on any atom is -0.438 e. The number of nitrogens with zero attached hydrogens (tertiary/aromatic N) is 3. The van der Waals surface area contributed by atoms with Crippen molar-refractivity contribution in [3.8, 4) is 0 Å². The first-order chi connectivity index (χ1) is 11.9. The summed E-state index contributed by atoms with van der Waals surface area (Å²) in [6, 6.07) is 0. The minimum absolute atomic E-state index is 0.108. The average molecular weight is 353 g/mol. The van der Waals surface area contributed by atoms with Crippen molar-refractivity contribution in [2.75, 3.05) is 39.4 Å². The standard InChI is InChI=1S/C16H20FN3O5/c1-11-12(23-10-18-11)13(21)19-4-6-24-16(8-19)9-20(5-7-25-16)14(22)15(17)2-3-15/h10H,2-9H2,1H3. The topological polar surface area (TPSA) is 85.1 Å². The summed E-state index contributed by atoms with van der Waals surface area (Å²) in [6.45, 7) is 3.16. The van der Waals surface area contributed by atoms with Crippen molar-refractivity contribution < 1.29 is 27.9 Å². The fraction of sp³-hybridized carbons (Fsp3) is 0.688. The third kappa shape index (κ3) is 2.91. The Morgan fingerprint density at radius 1 is 1.16 bits per heavy atom. The lowest BCUT2D eigenvalue weighted by atomic mass is 10.1. The van der Waals surface area contributed by atoms with Crippen LogP contribution < -0.4 is 0 Å². The molecule has 25 heavy (non-hydrogen) atoms. The molecule has 0 bridgehead atoms. The zero-order valence-electron chi connectivity index (χ0n) is 14.0. The number of carbonyl (C=O) groups excluding carboxylic acids is 2. The maximum atomic E-state index is 14.1. The molecule has 0 aromatic carbocycles. The van der Waals surface area contributed by atoms with E-state index < -0.39 is 17.4 Å². The number of hydrogen-bond donors (Lipinski definition) is 0. The normalized spacial score (nSPS) is 28.2. The number of oxazole rings is 1. The van der Waals surface area contributed by atoms with Crippen LogP contribution in [0.3, 0.4) is 0 Å². The highest BCUT2D eigenvalue weighted by Crippen LogP contribution is 2.42. The van der Waals surface area contributed by atoms with Gasteiger partial charge >= 0.3 is 0 Å². The number of morpholine rings is 2. The van der Waals surface area contributed by atoms with Gasteiger partial charge in [-0.2, -0.15) is 0 Å². The van der Waals surface area contributed by atoms with Crippen LogP contribution in [0.2, 0.25) is 0 Å². The van der Waals surface area contributed by atoms with E-state index in [-0.39, 0.29) is 50.8 Å². The second-order valence-corrected chi connectivity index (χ2v) is 6.79. The first kappa shape index (κ1) is 16.5. The summed E-state index contributed by atoms with van der Waals surface area (Å²) in [5.41, 5.74) is -1.21. The van der Waals surface area contributed by atoms with Gasteiger partial charge in [0.05, 0.1) is 32.0 Å². The molecule has 1 unspecified atom stereocenters. The number of carbonyl (C=O) groups is 2. The van der Waals surface area contributed by atoms with E-state index in [1.807, 2.05) is 0 Å². The van der Waals surface area contributed by atoms with Gasteiger partial charge in [-0.15, -0.1) is 0 Å². The summed E-state index contributed by atoms with van der Waals surface area (Å²) >= 11 is 0. The van der Waals surface area contributed by atoms with Crippen LogP contribution in [0.5, 0.6) is 0 Å². The Kier molecular flexibility index (Phi) is 3.80.